The van der Waals surface area contributed by atoms with E-state index in [-0.39, 0.29) is 12.5 Å². The van der Waals surface area contributed by atoms with Crippen molar-refractivity contribution in [2.24, 2.45) is 7.05 Å². The molecule has 96 valence electrons. The Morgan fingerprint density at radius 2 is 2.33 bits per heavy atom. The zero-order chi connectivity index (χ0) is 13.1. The molecule has 7 nitrogen and oxygen atoms in total. The average Bonchev–Trinajstić information content (AvgIpc) is 2.70. The van der Waals surface area contributed by atoms with Crippen LogP contribution in [0.2, 0.25) is 0 Å². The molecule has 2 aromatic heterocycles. The highest BCUT2D eigenvalue weighted by Gasteiger charge is 2.11. The first-order chi connectivity index (χ1) is 8.58. The third-order valence-corrected chi connectivity index (χ3v) is 2.70. The Morgan fingerprint density at radius 3 is 3.06 bits per heavy atom. The Kier molecular flexibility index (Phi) is 3.40. The Balaban J connectivity index is 2.14. The standard InChI is InChI=1S/C11H15N5O2/c1-7(3-4-9(17)18)15-10-8-5-14-16(2)11(8)13-6-12-10/h5-7H,3-4H2,1-2H3,(H,17,18)(H,12,13,15). The first kappa shape index (κ1) is 12.3. The number of aryl methyl sites for hydroxylation is 1. The van der Waals surface area contributed by atoms with Gasteiger partial charge in [-0.2, -0.15) is 5.10 Å². The highest BCUT2D eigenvalue weighted by molar-refractivity contribution is 5.86. The molecule has 7 heteroatoms. The molecule has 0 aliphatic carbocycles. The van der Waals surface area contributed by atoms with Crippen molar-refractivity contribution in [3.05, 3.63) is 12.5 Å². The molecule has 2 aromatic rings. The van der Waals surface area contributed by atoms with Crippen LogP contribution in [0.3, 0.4) is 0 Å². The van der Waals surface area contributed by atoms with Crippen LogP contribution in [0.1, 0.15) is 19.8 Å². The summed E-state index contributed by atoms with van der Waals surface area (Å²) in [5.41, 5.74) is 0.748. The van der Waals surface area contributed by atoms with E-state index in [1.165, 1.54) is 6.33 Å². The maximum absolute atomic E-state index is 10.5. The van der Waals surface area contributed by atoms with E-state index in [4.69, 9.17) is 5.11 Å². The van der Waals surface area contributed by atoms with Crippen LogP contribution < -0.4 is 5.32 Å². The van der Waals surface area contributed by atoms with E-state index in [0.717, 1.165) is 11.0 Å². The lowest BCUT2D eigenvalue weighted by Gasteiger charge is -2.13. The largest absolute Gasteiger partial charge is 0.481 e. The molecule has 0 aliphatic heterocycles. The predicted molar refractivity (Wildman–Crippen MR) is 66.3 cm³/mol. The second-order valence-electron chi connectivity index (χ2n) is 4.21. The van der Waals surface area contributed by atoms with Gasteiger partial charge in [-0.05, 0) is 13.3 Å². The number of hydrogen-bond acceptors (Lipinski definition) is 5. The van der Waals surface area contributed by atoms with Crippen LogP contribution in [0.15, 0.2) is 12.5 Å². The van der Waals surface area contributed by atoms with Crippen LogP contribution in [0.5, 0.6) is 0 Å². The number of rotatable bonds is 5. The number of aromatic nitrogens is 4. The lowest BCUT2D eigenvalue weighted by Crippen LogP contribution is -2.17. The van der Waals surface area contributed by atoms with Gasteiger partial charge in [-0.15, -0.1) is 0 Å². The third kappa shape index (κ3) is 2.55. The van der Waals surface area contributed by atoms with Gasteiger partial charge in [0.2, 0.25) is 0 Å². The number of fused-ring (bicyclic) bond motifs is 1. The summed E-state index contributed by atoms with van der Waals surface area (Å²) in [7, 11) is 1.81. The van der Waals surface area contributed by atoms with E-state index in [0.29, 0.717) is 12.2 Å². The average molecular weight is 249 g/mol. The maximum Gasteiger partial charge on any atom is 0.303 e. The van der Waals surface area contributed by atoms with Gasteiger partial charge in [-0.1, -0.05) is 0 Å². The molecule has 0 saturated heterocycles. The van der Waals surface area contributed by atoms with Gasteiger partial charge in [0.15, 0.2) is 5.65 Å². The summed E-state index contributed by atoms with van der Waals surface area (Å²) in [6.07, 6.45) is 3.84. The quantitative estimate of drug-likeness (QED) is 0.822. The number of aliphatic carboxylic acids is 1. The summed E-state index contributed by atoms with van der Waals surface area (Å²) >= 11 is 0. The number of nitrogens with one attached hydrogen (secondary N) is 1. The fourth-order valence-electron chi connectivity index (χ4n) is 1.72. The van der Waals surface area contributed by atoms with Crippen molar-refractivity contribution < 1.29 is 9.90 Å². The van der Waals surface area contributed by atoms with Gasteiger partial charge in [0, 0.05) is 19.5 Å². The number of carboxylic acid groups (broad SMARTS) is 1. The molecule has 1 unspecified atom stereocenters. The minimum Gasteiger partial charge on any atom is -0.481 e. The lowest BCUT2D eigenvalue weighted by atomic mass is 10.2. The van der Waals surface area contributed by atoms with Crippen molar-refractivity contribution in [3.63, 3.8) is 0 Å². The van der Waals surface area contributed by atoms with E-state index in [1.807, 2.05) is 14.0 Å². The van der Waals surface area contributed by atoms with Gasteiger partial charge < -0.3 is 10.4 Å². The molecular formula is C11H15N5O2. The van der Waals surface area contributed by atoms with Crippen molar-refractivity contribution in [3.8, 4) is 0 Å². The van der Waals surface area contributed by atoms with E-state index < -0.39 is 5.97 Å². The highest BCUT2D eigenvalue weighted by Crippen LogP contribution is 2.19. The molecule has 0 spiro atoms. The van der Waals surface area contributed by atoms with Gasteiger partial charge in [-0.25, -0.2) is 9.97 Å². The Labute approximate surface area is 104 Å². The fraction of sp³-hybridized carbons (Fsp3) is 0.455. The highest BCUT2D eigenvalue weighted by atomic mass is 16.4. The molecule has 2 rings (SSSR count). The van der Waals surface area contributed by atoms with Crippen LogP contribution in [-0.4, -0.2) is 36.9 Å². The number of nitrogens with zero attached hydrogens (tertiary/aromatic N) is 4. The second-order valence-corrected chi connectivity index (χ2v) is 4.21. The molecule has 0 aromatic carbocycles. The molecule has 1 atom stereocenters. The van der Waals surface area contributed by atoms with Gasteiger partial charge in [-0.3, -0.25) is 9.48 Å². The summed E-state index contributed by atoms with van der Waals surface area (Å²) in [5.74, 6) is -0.108. The summed E-state index contributed by atoms with van der Waals surface area (Å²) in [4.78, 5) is 18.8. The number of hydrogen-bond donors (Lipinski definition) is 2. The van der Waals surface area contributed by atoms with Crippen molar-refractivity contribution in [1.82, 2.24) is 19.7 Å². The van der Waals surface area contributed by atoms with Crippen LogP contribution >= 0.6 is 0 Å². The zero-order valence-corrected chi connectivity index (χ0v) is 10.3. The van der Waals surface area contributed by atoms with Crippen molar-refractivity contribution in [2.75, 3.05) is 5.32 Å². The van der Waals surface area contributed by atoms with E-state index >= 15 is 0 Å². The van der Waals surface area contributed by atoms with Gasteiger partial charge in [0.1, 0.15) is 12.1 Å². The summed E-state index contributed by atoms with van der Waals surface area (Å²) in [5, 5.41) is 16.8. The number of anilines is 1. The summed E-state index contributed by atoms with van der Waals surface area (Å²) in [6, 6.07) is 0.0272. The smallest absolute Gasteiger partial charge is 0.303 e. The Bertz CT molecular complexity index is 566. The van der Waals surface area contributed by atoms with Crippen molar-refractivity contribution in [2.45, 2.75) is 25.8 Å². The Hall–Kier alpha value is -2.18. The minimum absolute atomic E-state index is 0.0272. The van der Waals surface area contributed by atoms with E-state index in [1.54, 1.807) is 10.9 Å². The SMILES string of the molecule is CC(CCC(=O)O)Nc1ncnc2c1cnn2C. The summed E-state index contributed by atoms with van der Waals surface area (Å²) < 4.78 is 1.67. The van der Waals surface area contributed by atoms with Gasteiger partial charge in [0.25, 0.3) is 0 Å². The molecule has 18 heavy (non-hydrogen) atoms. The number of carboxylic acids is 1. The third-order valence-electron chi connectivity index (χ3n) is 2.70. The normalized spacial score (nSPS) is 12.6. The van der Waals surface area contributed by atoms with Crippen LogP contribution in [0.25, 0.3) is 11.0 Å². The van der Waals surface area contributed by atoms with Gasteiger partial charge in [0.05, 0.1) is 11.6 Å². The maximum atomic E-state index is 10.5. The molecule has 0 bridgehead atoms. The molecule has 2 N–H and O–H groups in total. The van der Waals surface area contributed by atoms with Crippen LogP contribution in [0.4, 0.5) is 5.82 Å². The number of carbonyl (C=O) groups is 1. The van der Waals surface area contributed by atoms with E-state index in [2.05, 4.69) is 20.4 Å². The molecular weight excluding hydrogens is 234 g/mol. The topological polar surface area (TPSA) is 92.9 Å². The monoisotopic (exact) mass is 249 g/mol. The molecule has 0 saturated carbocycles. The first-order valence-electron chi connectivity index (χ1n) is 5.69. The molecule has 0 amide bonds. The van der Waals surface area contributed by atoms with Gasteiger partial charge >= 0.3 is 5.97 Å². The summed E-state index contributed by atoms with van der Waals surface area (Å²) in [6.45, 7) is 1.92. The van der Waals surface area contributed by atoms with Crippen molar-refractivity contribution >= 4 is 22.8 Å². The predicted octanol–water partition coefficient (Wildman–Crippen LogP) is 1.03. The van der Waals surface area contributed by atoms with E-state index in [9.17, 15) is 4.79 Å². The lowest BCUT2D eigenvalue weighted by molar-refractivity contribution is -0.137. The molecule has 0 radical (unpaired) electrons. The molecule has 0 aliphatic rings. The molecule has 0 fully saturated rings. The second kappa shape index (κ2) is 4.99. The minimum atomic E-state index is -0.794. The zero-order valence-electron chi connectivity index (χ0n) is 10.3. The Morgan fingerprint density at radius 1 is 1.56 bits per heavy atom. The van der Waals surface area contributed by atoms with Crippen molar-refractivity contribution in [1.29, 1.82) is 0 Å². The fourth-order valence-corrected chi connectivity index (χ4v) is 1.72. The molecule has 2 heterocycles. The van der Waals surface area contributed by atoms with Crippen LogP contribution in [0, 0.1) is 0 Å². The van der Waals surface area contributed by atoms with Crippen LogP contribution in [-0.2, 0) is 11.8 Å². The first-order valence-corrected chi connectivity index (χ1v) is 5.69.